The van der Waals surface area contributed by atoms with Crippen molar-refractivity contribution in [2.24, 2.45) is 0 Å². The first-order chi connectivity index (χ1) is 8.65. The van der Waals surface area contributed by atoms with Crippen LogP contribution in [0.15, 0.2) is 53.4 Å². The van der Waals surface area contributed by atoms with Gasteiger partial charge in [0.05, 0.1) is 6.10 Å². The van der Waals surface area contributed by atoms with Crippen molar-refractivity contribution in [2.45, 2.75) is 17.9 Å². The van der Waals surface area contributed by atoms with E-state index in [1.807, 2.05) is 25.1 Å². The first-order valence-corrected chi connectivity index (χ1v) is 6.77. The van der Waals surface area contributed by atoms with Crippen molar-refractivity contribution in [3.05, 3.63) is 65.5 Å². The highest BCUT2D eigenvalue weighted by Gasteiger charge is 2.08. The molecule has 0 aliphatic carbocycles. The monoisotopic (exact) mass is 262 g/mol. The Labute approximate surface area is 111 Å². The second-order valence-corrected chi connectivity index (χ2v) is 5.29. The number of hydrogen-bond acceptors (Lipinski definition) is 2. The van der Waals surface area contributed by atoms with Crippen molar-refractivity contribution < 1.29 is 9.50 Å². The molecule has 0 radical (unpaired) electrons. The van der Waals surface area contributed by atoms with Gasteiger partial charge in [0, 0.05) is 10.6 Å². The minimum Gasteiger partial charge on any atom is -0.388 e. The predicted molar refractivity (Wildman–Crippen MR) is 73.3 cm³/mol. The molecule has 0 aliphatic heterocycles. The summed E-state index contributed by atoms with van der Waals surface area (Å²) in [5.74, 6) is 0.208. The van der Waals surface area contributed by atoms with E-state index in [1.165, 1.54) is 17.7 Å². The van der Waals surface area contributed by atoms with Crippen LogP contribution < -0.4 is 0 Å². The summed E-state index contributed by atoms with van der Waals surface area (Å²) in [5, 5.41) is 9.99. The summed E-state index contributed by atoms with van der Waals surface area (Å²) in [4.78, 5) is 1.12. The maximum Gasteiger partial charge on any atom is 0.123 e. The Hall–Kier alpha value is -1.32. The molecule has 0 saturated carbocycles. The van der Waals surface area contributed by atoms with Gasteiger partial charge in [0.15, 0.2) is 0 Å². The Kier molecular flexibility index (Phi) is 4.39. The summed E-state index contributed by atoms with van der Waals surface area (Å²) >= 11 is 1.57. The molecule has 0 amide bonds. The lowest BCUT2D eigenvalue weighted by Gasteiger charge is -2.11. The highest BCUT2D eigenvalue weighted by atomic mass is 32.2. The molecule has 0 heterocycles. The Morgan fingerprint density at radius 1 is 1.17 bits per heavy atom. The highest BCUT2D eigenvalue weighted by molar-refractivity contribution is 7.99. The average molecular weight is 262 g/mol. The van der Waals surface area contributed by atoms with E-state index in [4.69, 9.17) is 0 Å². The van der Waals surface area contributed by atoms with Crippen molar-refractivity contribution in [1.29, 1.82) is 0 Å². The maximum atomic E-state index is 13.0. The van der Waals surface area contributed by atoms with Gasteiger partial charge in [-0.05, 0) is 36.8 Å². The number of aryl methyl sites for hydroxylation is 1. The van der Waals surface area contributed by atoms with E-state index in [2.05, 4.69) is 6.07 Å². The van der Waals surface area contributed by atoms with E-state index < -0.39 is 6.10 Å². The molecule has 0 aromatic heterocycles. The van der Waals surface area contributed by atoms with Gasteiger partial charge in [0.1, 0.15) is 5.82 Å². The lowest BCUT2D eigenvalue weighted by atomic mass is 10.1. The molecule has 2 aromatic carbocycles. The molecule has 0 fully saturated rings. The second-order valence-electron chi connectivity index (χ2n) is 4.20. The molecule has 0 spiro atoms. The number of halogens is 1. The zero-order valence-corrected chi connectivity index (χ0v) is 11.0. The lowest BCUT2D eigenvalue weighted by molar-refractivity contribution is 0.203. The molecule has 1 atom stereocenters. The van der Waals surface area contributed by atoms with E-state index in [-0.39, 0.29) is 5.82 Å². The van der Waals surface area contributed by atoms with E-state index >= 15 is 0 Å². The molecule has 1 N–H and O–H groups in total. The molecule has 18 heavy (non-hydrogen) atoms. The van der Waals surface area contributed by atoms with Crippen LogP contribution >= 0.6 is 11.8 Å². The fraction of sp³-hybridized carbons (Fsp3) is 0.200. The molecule has 1 nitrogen and oxygen atoms in total. The third-order valence-corrected chi connectivity index (χ3v) is 3.70. The van der Waals surface area contributed by atoms with Crippen LogP contribution in [0.4, 0.5) is 4.39 Å². The average Bonchev–Trinajstić information content (AvgIpc) is 2.36. The van der Waals surface area contributed by atoms with Gasteiger partial charge in [0.2, 0.25) is 0 Å². The molecular weight excluding hydrogens is 247 g/mol. The van der Waals surface area contributed by atoms with Crippen LogP contribution in [0, 0.1) is 12.7 Å². The minimum atomic E-state index is -0.647. The predicted octanol–water partition coefficient (Wildman–Crippen LogP) is 3.96. The van der Waals surface area contributed by atoms with E-state index in [0.29, 0.717) is 11.3 Å². The Balaban J connectivity index is 1.98. The van der Waals surface area contributed by atoms with Gasteiger partial charge in [-0.1, -0.05) is 29.8 Å². The number of aliphatic hydroxyl groups is 1. The van der Waals surface area contributed by atoms with E-state index in [9.17, 15) is 9.50 Å². The van der Waals surface area contributed by atoms with Crippen LogP contribution in [0.3, 0.4) is 0 Å². The van der Waals surface area contributed by atoms with Crippen LogP contribution in [0.25, 0.3) is 0 Å². The molecule has 2 rings (SSSR count). The quantitative estimate of drug-likeness (QED) is 0.842. The van der Waals surface area contributed by atoms with Crippen LogP contribution in [-0.2, 0) is 0 Å². The standard InChI is InChI=1S/C15H15FOS/c1-11-4-2-7-14(8-11)18-10-15(17)12-5-3-6-13(16)9-12/h2-9,15,17H,10H2,1H3. The third kappa shape index (κ3) is 3.59. The summed E-state index contributed by atoms with van der Waals surface area (Å²) in [7, 11) is 0. The minimum absolute atomic E-state index is 0.313. The van der Waals surface area contributed by atoms with Gasteiger partial charge in [-0.3, -0.25) is 0 Å². The van der Waals surface area contributed by atoms with Crippen molar-refractivity contribution in [2.75, 3.05) is 5.75 Å². The number of rotatable bonds is 4. The molecule has 2 aromatic rings. The molecule has 0 saturated heterocycles. The summed E-state index contributed by atoms with van der Waals surface area (Å²) in [5.41, 5.74) is 1.82. The number of hydrogen-bond donors (Lipinski definition) is 1. The van der Waals surface area contributed by atoms with Crippen LogP contribution in [0.5, 0.6) is 0 Å². The van der Waals surface area contributed by atoms with Crippen LogP contribution in [0.2, 0.25) is 0 Å². The van der Waals surface area contributed by atoms with Gasteiger partial charge >= 0.3 is 0 Å². The fourth-order valence-corrected chi connectivity index (χ4v) is 2.68. The lowest BCUT2D eigenvalue weighted by Crippen LogP contribution is -2.00. The topological polar surface area (TPSA) is 20.2 Å². The second kappa shape index (κ2) is 6.03. The largest absolute Gasteiger partial charge is 0.388 e. The molecular formula is C15H15FOS. The van der Waals surface area contributed by atoms with Crippen LogP contribution in [0.1, 0.15) is 17.2 Å². The van der Waals surface area contributed by atoms with Gasteiger partial charge < -0.3 is 5.11 Å². The summed E-state index contributed by atoms with van der Waals surface area (Å²) in [6.07, 6.45) is -0.647. The van der Waals surface area contributed by atoms with Gasteiger partial charge in [-0.15, -0.1) is 11.8 Å². The number of benzene rings is 2. The first-order valence-electron chi connectivity index (χ1n) is 5.78. The Morgan fingerprint density at radius 2 is 1.94 bits per heavy atom. The highest BCUT2D eigenvalue weighted by Crippen LogP contribution is 2.25. The molecule has 1 unspecified atom stereocenters. The van der Waals surface area contributed by atoms with E-state index in [0.717, 1.165) is 4.90 Å². The molecule has 0 bridgehead atoms. The van der Waals surface area contributed by atoms with Crippen molar-refractivity contribution in [3.63, 3.8) is 0 Å². The van der Waals surface area contributed by atoms with Crippen molar-refractivity contribution in [1.82, 2.24) is 0 Å². The van der Waals surface area contributed by atoms with Crippen molar-refractivity contribution >= 4 is 11.8 Å². The number of thioether (sulfide) groups is 1. The van der Waals surface area contributed by atoms with Crippen LogP contribution in [-0.4, -0.2) is 10.9 Å². The zero-order valence-electron chi connectivity index (χ0n) is 10.1. The Bertz CT molecular complexity index is 527. The molecule has 0 aliphatic rings. The first kappa shape index (κ1) is 13.1. The normalized spacial score (nSPS) is 12.4. The maximum absolute atomic E-state index is 13.0. The zero-order chi connectivity index (χ0) is 13.0. The smallest absolute Gasteiger partial charge is 0.123 e. The van der Waals surface area contributed by atoms with Gasteiger partial charge in [0.25, 0.3) is 0 Å². The summed E-state index contributed by atoms with van der Waals surface area (Å²) in [6.45, 7) is 2.03. The molecule has 3 heteroatoms. The molecule has 94 valence electrons. The number of aliphatic hydroxyl groups excluding tert-OH is 1. The summed E-state index contributed by atoms with van der Waals surface area (Å²) in [6, 6.07) is 14.2. The fourth-order valence-electron chi connectivity index (χ4n) is 1.69. The Morgan fingerprint density at radius 3 is 2.67 bits per heavy atom. The third-order valence-electron chi connectivity index (χ3n) is 2.63. The SMILES string of the molecule is Cc1cccc(SCC(O)c2cccc(F)c2)c1. The van der Waals surface area contributed by atoms with Gasteiger partial charge in [-0.25, -0.2) is 4.39 Å². The van der Waals surface area contributed by atoms with Gasteiger partial charge in [-0.2, -0.15) is 0 Å². The summed E-state index contributed by atoms with van der Waals surface area (Å²) < 4.78 is 13.0. The van der Waals surface area contributed by atoms with Crippen molar-refractivity contribution in [3.8, 4) is 0 Å². The van der Waals surface area contributed by atoms with E-state index in [1.54, 1.807) is 23.9 Å².